The lowest BCUT2D eigenvalue weighted by molar-refractivity contribution is 0.102. The van der Waals surface area contributed by atoms with Crippen LogP contribution in [0.4, 0.5) is 11.5 Å². The number of nitrogens with one attached hydrogen (secondary N) is 2. The molecule has 3 aromatic rings. The standard InChI is InChI=1S/C20H19ClN4O2/c1-27-17-8-2-14(3-9-17)12-13-22-19-11-10-18(24-25-19)20(26)23-16-6-4-15(21)5-7-16/h2-11H,12-13H2,1H3,(H,22,25)(H,23,26). The van der Waals surface area contributed by atoms with Crippen LogP contribution < -0.4 is 15.4 Å². The van der Waals surface area contributed by atoms with E-state index in [9.17, 15) is 4.79 Å². The van der Waals surface area contributed by atoms with Crippen LogP contribution in [-0.2, 0) is 6.42 Å². The molecule has 138 valence electrons. The fraction of sp³-hybridized carbons (Fsp3) is 0.150. The molecule has 7 heteroatoms. The van der Waals surface area contributed by atoms with Crippen LogP contribution in [0.1, 0.15) is 16.1 Å². The maximum atomic E-state index is 12.2. The van der Waals surface area contributed by atoms with Crippen molar-refractivity contribution < 1.29 is 9.53 Å². The smallest absolute Gasteiger partial charge is 0.276 e. The van der Waals surface area contributed by atoms with Crippen molar-refractivity contribution in [2.45, 2.75) is 6.42 Å². The lowest BCUT2D eigenvalue weighted by Gasteiger charge is -2.07. The number of halogens is 1. The van der Waals surface area contributed by atoms with Crippen molar-refractivity contribution in [3.63, 3.8) is 0 Å². The van der Waals surface area contributed by atoms with Crippen molar-refractivity contribution in [3.05, 3.63) is 76.9 Å². The summed E-state index contributed by atoms with van der Waals surface area (Å²) in [4.78, 5) is 12.2. The van der Waals surface area contributed by atoms with Gasteiger partial charge >= 0.3 is 0 Å². The molecule has 6 nitrogen and oxygen atoms in total. The summed E-state index contributed by atoms with van der Waals surface area (Å²) in [5.41, 5.74) is 2.08. The zero-order valence-corrected chi connectivity index (χ0v) is 15.5. The number of carbonyl (C=O) groups is 1. The number of hydrogen-bond donors (Lipinski definition) is 2. The summed E-state index contributed by atoms with van der Waals surface area (Å²) in [5, 5.41) is 14.6. The third-order valence-corrected chi connectivity index (χ3v) is 4.13. The van der Waals surface area contributed by atoms with Crippen LogP contribution in [0.25, 0.3) is 0 Å². The summed E-state index contributed by atoms with van der Waals surface area (Å²) < 4.78 is 5.14. The Balaban J connectivity index is 1.50. The van der Waals surface area contributed by atoms with Gasteiger partial charge in [0.05, 0.1) is 7.11 Å². The number of benzene rings is 2. The van der Waals surface area contributed by atoms with Crippen molar-refractivity contribution in [1.82, 2.24) is 10.2 Å². The molecular weight excluding hydrogens is 364 g/mol. The van der Waals surface area contributed by atoms with Crippen molar-refractivity contribution in [3.8, 4) is 5.75 Å². The number of carbonyl (C=O) groups excluding carboxylic acids is 1. The van der Waals surface area contributed by atoms with Crippen molar-refractivity contribution in [2.75, 3.05) is 24.3 Å². The van der Waals surface area contributed by atoms with Gasteiger partial charge in [0.25, 0.3) is 5.91 Å². The number of anilines is 2. The van der Waals surface area contributed by atoms with E-state index in [1.54, 1.807) is 43.5 Å². The molecule has 0 spiro atoms. The Bertz CT molecular complexity index is 881. The van der Waals surface area contributed by atoms with Crippen LogP contribution in [0, 0.1) is 0 Å². The first-order valence-electron chi connectivity index (χ1n) is 8.41. The predicted molar refractivity (Wildman–Crippen MR) is 107 cm³/mol. The largest absolute Gasteiger partial charge is 0.497 e. The predicted octanol–water partition coefficient (Wildman–Crippen LogP) is 4.05. The first-order chi connectivity index (χ1) is 13.1. The van der Waals surface area contributed by atoms with E-state index in [0.717, 1.165) is 12.2 Å². The number of aromatic nitrogens is 2. The lowest BCUT2D eigenvalue weighted by Crippen LogP contribution is -2.15. The Morgan fingerprint density at radius 3 is 2.37 bits per heavy atom. The van der Waals surface area contributed by atoms with E-state index in [2.05, 4.69) is 20.8 Å². The van der Waals surface area contributed by atoms with Gasteiger partial charge in [0, 0.05) is 17.3 Å². The van der Waals surface area contributed by atoms with E-state index in [-0.39, 0.29) is 11.6 Å². The summed E-state index contributed by atoms with van der Waals surface area (Å²) in [5.74, 6) is 1.13. The van der Waals surface area contributed by atoms with Gasteiger partial charge in [0.1, 0.15) is 11.6 Å². The summed E-state index contributed by atoms with van der Waals surface area (Å²) >= 11 is 5.83. The minimum Gasteiger partial charge on any atom is -0.497 e. The second kappa shape index (κ2) is 9.00. The Kier molecular flexibility index (Phi) is 6.22. The van der Waals surface area contributed by atoms with E-state index in [1.807, 2.05) is 24.3 Å². The molecule has 2 aromatic carbocycles. The van der Waals surface area contributed by atoms with Gasteiger partial charge in [-0.05, 0) is 60.5 Å². The first-order valence-corrected chi connectivity index (χ1v) is 8.79. The van der Waals surface area contributed by atoms with Gasteiger partial charge in [0.15, 0.2) is 5.69 Å². The number of methoxy groups -OCH3 is 1. The normalized spacial score (nSPS) is 10.3. The Morgan fingerprint density at radius 2 is 1.74 bits per heavy atom. The molecule has 0 aliphatic carbocycles. The van der Waals surface area contributed by atoms with Gasteiger partial charge < -0.3 is 15.4 Å². The average Bonchev–Trinajstić information content (AvgIpc) is 2.71. The number of ether oxygens (including phenoxy) is 1. The van der Waals surface area contributed by atoms with Gasteiger partial charge in [-0.2, -0.15) is 0 Å². The number of hydrogen-bond acceptors (Lipinski definition) is 5. The van der Waals surface area contributed by atoms with Crippen LogP contribution in [0.15, 0.2) is 60.7 Å². The fourth-order valence-electron chi connectivity index (χ4n) is 2.40. The van der Waals surface area contributed by atoms with Crippen LogP contribution in [0.2, 0.25) is 5.02 Å². The monoisotopic (exact) mass is 382 g/mol. The number of amides is 1. The van der Waals surface area contributed by atoms with E-state index in [1.165, 1.54) is 5.56 Å². The van der Waals surface area contributed by atoms with Crippen molar-refractivity contribution >= 4 is 29.0 Å². The molecule has 0 atom stereocenters. The molecule has 1 amide bonds. The fourth-order valence-corrected chi connectivity index (χ4v) is 2.53. The highest BCUT2D eigenvalue weighted by atomic mass is 35.5. The molecular formula is C20H19ClN4O2. The van der Waals surface area contributed by atoms with Gasteiger partial charge in [0.2, 0.25) is 0 Å². The molecule has 1 aromatic heterocycles. The second-order valence-corrected chi connectivity index (χ2v) is 6.23. The van der Waals surface area contributed by atoms with Gasteiger partial charge in [-0.3, -0.25) is 4.79 Å². The SMILES string of the molecule is COc1ccc(CCNc2ccc(C(=O)Nc3ccc(Cl)cc3)nn2)cc1. The third kappa shape index (κ3) is 5.43. The molecule has 0 saturated carbocycles. The quantitative estimate of drug-likeness (QED) is 0.644. The Morgan fingerprint density at radius 1 is 1.00 bits per heavy atom. The molecule has 3 rings (SSSR count). The molecule has 2 N–H and O–H groups in total. The van der Waals surface area contributed by atoms with Crippen molar-refractivity contribution in [2.24, 2.45) is 0 Å². The average molecular weight is 383 g/mol. The minimum atomic E-state index is -0.324. The van der Waals surface area contributed by atoms with Crippen molar-refractivity contribution in [1.29, 1.82) is 0 Å². The Hall–Kier alpha value is -3.12. The Labute approximate surface area is 162 Å². The molecule has 27 heavy (non-hydrogen) atoms. The third-order valence-electron chi connectivity index (χ3n) is 3.88. The highest BCUT2D eigenvalue weighted by molar-refractivity contribution is 6.30. The van der Waals surface area contributed by atoms with Gasteiger partial charge in [-0.15, -0.1) is 10.2 Å². The van der Waals surface area contributed by atoms with E-state index in [4.69, 9.17) is 16.3 Å². The van der Waals surface area contributed by atoms with E-state index in [0.29, 0.717) is 23.1 Å². The summed E-state index contributed by atoms with van der Waals surface area (Å²) in [6.45, 7) is 0.706. The molecule has 0 aliphatic rings. The first kappa shape index (κ1) is 18.7. The van der Waals surface area contributed by atoms with E-state index >= 15 is 0 Å². The van der Waals surface area contributed by atoms with E-state index < -0.39 is 0 Å². The minimum absolute atomic E-state index is 0.241. The van der Waals surface area contributed by atoms with Crippen LogP contribution >= 0.6 is 11.6 Å². The van der Waals surface area contributed by atoms with Gasteiger partial charge in [-0.1, -0.05) is 23.7 Å². The van der Waals surface area contributed by atoms with Crippen LogP contribution in [-0.4, -0.2) is 29.8 Å². The number of rotatable bonds is 7. The second-order valence-electron chi connectivity index (χ2n) is 5.79. The molecule has 0 bridgehead atoms. The molecule has 0 radical (unpaired) electrons. The molecule has 0 aliphatic heterocycles. The summed E-state index contributed by atoms with van der Waals surface area (Å²) in [6, 6.07) is 18.1. The number of nitrogens with zero attached hydrogens (tertiary/aromatic N) is 2. The topological polar surface area (TPSA) is 76.1 Å². The molecule has 0 fully saturated rings. The molecule has 1 heterocycles. The molecule has 0 unspecified atom stereocenters. The maximum Gasteiger partial charge on any atom is 0.276 e. The lowest BCUT2D eigenvalue weighted by atomic mass is 10.1. The maximum absolute atomic E-state index is 12.2. The van der Waals surface area contributed by atoms with Crippen LogP contribution in [0.5, 0.6) is 5.75 Å². The summed E-state index contributed by atoms with van der Waals surface area (Å²) in [6.07, 6.45) is 0.838. The van der Waals surface area contributed by atoms with Gasteiger partial charge in [-0.25, -0.2) is 0 Å². The highest BCUT2D eigenvalue weighted by Gasteiger charge is 2.08. The zero-order valence-electron chi connectivity index (χ0n) is 14.8. The van der Waals surface area contributed by atoms with Crippen LogP contribution in [0.3, 0.4) is 0 Å². The highest BCUT2D eigenvalue weighted by Crippen LogP contribution is 2.14. The summed E-state index contributed by atoms with van der Waals surface area (Å²) in [7, 11) is 1.65. The molecule has 0 saturated heterocycles. The zero-order chi connectivity index (χ0) is 19.1.